The lowest BCUT2D eigenvalue weighted by Crippen LogP contribution is -2.47. The summed E-state index contributed by atoms with van der Waals surface area (Å²) >= 11 is 0. The molecule has 0 aromatic carbocycles. The summed E-state index contributed by atoms with van der Waals surface area (Å²) in [5.74, 6) is 0.762. The Morgan fingerprint density at radius 1 is 1.62 bits per heavy atom. The van der Waals surface area contributed by atoms with E-state index in [4.69, 9.17) is 20.1 Å². The van der Waals surface area contributed by atoms with Crippen LogP contribution < -0.4 is 5.73 Å². The van der Waals surface area contributed by atoms with Crippen molar-refractivity contribution < 1.29 is 13.9 Å². The zero-order chi connectivity index (χ0) is 15.2. The van der Waals surface area contributed by atoms with Gasteiger partial charge >= 0.3 is 0 Å². The summed E-state index contributed by atoms with van der Waals surface area (Å²) in [4.78, 5) is 15.0. The highest BCUT2D eigenvalue weighted by Gasteiger charge is 2.22. The number of hydrogen-bond acceptors (Lipinski definition) is 6. The van der Waals surface area contributed by atoms with Gasteiger partial charge in [-0.3, -0.25) is 14.6 Å². The molecule has 2 rings (SSSR count). The zero-order valence-corrected chi connectivity index (χ0v) is 12.1. The monoisotopic (exact) mass is 292 g/mol. The van der Waals surface area contributed by atoms with E-state index in [1.165, 1.54) is 0 Å². The Morgan fingerprint density at radius 3 is 3.10 bits per heavy atom. The molecule has 0 radical (unpaired) electrons. The van der Waals surface area contributed by atoms with Gasteiger partial charge in [-0.15, -0.1) is 0 Å². The number of carbonyl (C=O) groups excluding carboxylic acids is 1. The fourth-order valence-electron chi connectivity index (χ4n) is 2.46. The van der Waals surface area contributed by atoms with E-state index in [0.29, 0.717) is 25.5 Å². The zero-order valence-electron chi connectivity index (χ0n) is 12.1. The Hall–Kier alpha value is -1.88. The molecule has 1 atom stereocenters. The molecule has 1 aromatic rings. The first-order chi connectivity index (χ1) is 10.1. The van der Waals surface area contributed by atoms with Crippen LogP contribution in [0.25, 0.3) is 0 Å². The second kappa shape index (κ2) is 7.22. The molecule has 0 saturated carbocycles. The average Bonchev–Trinajstić information content (AvgIpc) is 2.85. The van der Waals surface area contributed by atoms with Gasteiger partial charge in [0.25, 0.3) is 0 Å². The maximum Gasteiger partial charge on any atom is 0.231 e. The Bertz CT molecular complexity index is 523. The van der Waals surface area contributed by atoms with Crippen LogP contribution in [0.4, 0.5) is 0 Å². The lowest BCUT2D eigenvalue weighted by atomic mass is 10.2. The van der Waals surface area contributed by atoms with Crippen molar-refractivity contribution in [1.82, 2.24) is 9.80 Å². The van der Waals surface area contributed by atoms with Crippen molar-refractivity contribution in [2.75, 3.05) is 39.8 Å². The molecule has 114 valence electrons. The summed E-state index contributed by atoms with van der Waals surface area (Å²) in [7, 11) is 1.85. The molecular formula is C14H20N4O3. The van der Waals surface area contributed by atoms with Gasteiger partial charge in [0, 0.05) is 19.6 Å². The van der Waals surface area contributed by atoms with Gasteiger partial charge in [0.1, 0.15) is 11.8 Å². The molecule has 7 heteroatoms. The van der Waals surface area contributed by atoms with E-state index in [2.05, 4.69) is 4.90 Å². The summed E-state index contributed by atoms with van der Waals surface area (Å²) < 4.78 is 11.1. The van der Waals surface area contributed by atoms with Gasteiger partial charge in [-0.2, -0.15) is 5.26 Å². The fraction of sp³-hybridized carbons (Fsp3) is 0.571. The Balaban J connectivity index is 1.83. The van der Waals surface area contributed by atoms with Crippen LogP contribution in [0.5, 0.6) is 0 Å². The van der Waals surface area contributed by atoms with Crippen LogP contribution in [-0.2, 0) is 16.1 Å². The summed E-state index contributed by atoms with van der Waals surface area (Å²) in [6.07, 6.45) is 0.0356. The van der Waals surface area contributed by atoms with Gasteiger partial charge in [0.05, 0.1) is 25.8 Å². The SMILES string of the molecule is CN(CC(N)=O)C[C@@H]1CN(Cc2ccc(C#N)o2)CCO1. The summed E-state index contributed by atoms with van der Waals surface area (Å²) in [5.41, 5.74) is 5.17. The van der Waals surface area contributed by atoms with Gasteiger partial charge in [-0.1, -0.05) is 0 Å². The number of nitrogens with two attached hydrogens (primary N) is 1. The van der Waals surface area contributed by atoms with Gasteiger partial charge in [-0.25, -0.2) is 0 Å². The molecule has 0 aliphatic carbocycles. The molecule has 0 spiro atoms. The second-order valence-corrected chi connectivity index (χ2v) is 5.27. The minimum Gasteiger partial charge on any atom is -0.449 e. The lowest BCUT2D eigenvalue weighted by molar-refractivity contribution is -0.119. The third kappa shape index (κ3) is 4.86. The average molecular weight is 292 g/mol. The molecule has 1 aromatic heterocycles. The third-order valence-electron chi connectivity index (χ3n) is 3.32. The lowest BCUT2D eigenvalue weighted by Gasteiger charge is -2.34. The third-order valence-corrected chi connectivity index (χ3v) is 3.32. The maximum atomic E-state index is 10.9. The Labute approximate surface area is 123 Å². The largest absolute Gasteiger partial charge is 0.449 e. The van der Waals surface area contributed by atoms with Crippen LogP contribution in [0.1, 0.15) is 11.5 Å². The minimum atomic E-state index is -0.343. The van der Waals surface area contributed by atoms with E-state index < -0.39 is 0 Å². The standard InChI is InChI=1S/C14H20N4O3/c1-17(10-14(16)19)7-13-9-18(4-5-20-13)8-12-3-2-11(6-15)21-12/h2-3,13H,4-5,7-10H2,1H3,(H2,16,19)/t13-/m1/s1. The highest BCUT2D eigenvalue weighted by molar-refractivity contribution is 5.75. The van der Waals surface area contributed by atoms with Crippen molar-refractivity contribution in [2.24, 2.45) is 5.73 Å². The van der Waals surface area contributed by atoms with E-state index in [1.54, 1.807) is 6.07 Å². The normalized spacial score (nSPS) is 19.6. The Morgan fingerprint density at radius 2 is 2.43 bits per heavy atom. The molecule has 2 heterocycles. The van der Waals surface area contributed by atoms with Crippen LogP contribution >= 0.6 is 0 Å². The molecule has 2 N–H and O–H groups in total. The Kier molecular flexibility index (Phi) is 5.33. The number of rotatable bonds is 6. The minimum absolute atomic E-state index is 0.0356. The molecule has 1 saturated heterocycles. The number of nitriles is 1. The second-order valence-electron chi connectivity index (χ2n) is 5.27. The van der Waals surface area contributed by atoms with E-state index in [0.717, 1.165) is 18.8 Å². The number of likely N-dealkylation sites (N-methyl/N-ethyl adjacent to an activating group) is 1. The fourth-order valence-corrected chi connectivity index (χ4v) is 2.46. The van der Waals surface area contributed by atoms with Crippen LogP contribution in [0.15, 0.2) is 16.5 Å². The van der Waals surface area contributed by atoms with E-state index in [-0.39, 0.29) is 18.6 Å². The first kappa shape index (κ1) is 15.5. The van der Waals surface area contributed by atoms with E-state index in [1.807, 2.05) is 24.1 Å². The predicted octanol–water partition coefficient (Wildman–Crippen LogP) is -0.231. The number of primary amides is 1. The van der Waals surface area contributed by atoms with Gasteiger partial charge in [-0.05, 0) is 19.2 Å². The number of morpholine rings is 1. The number of carbonyl (C=O) groups is 1. The smallest absolute Gasteiger partial charge is 0.231 e. The summed E-state index contributed by atoms with van der Waals surface area (Å²) in [5, 5.41) is 8.75. The van der Waals surface area contributed by atoms with Crippen LogP contribution in [0, 0.1) is 11.3 Å². The number of furan rings is 1. The van der Waals surface area contributed by atoms with Crippen LogP contribution in [0.2, 0.25) is 0 Å². The van der Waals surface area contributed by atoms with Crippen molar-refractivity contribution >= 4 is 5.91 Å². The number of ether oxygens (including phenoxy) is 1. The van der Waals surface area contributed by atoms with Crippen LogP contribution in [0.3, 0.4) is 0 Å². The molecule has 7 nitrogen and oxygen atoms in total. The van der Waals surface area contributed by atoms with Gasteiger partial charge < -0.3 is 14.9 Å². The quantitative estimate of drug-likeness (QED) is 0.778. The number of hydrogen-bond donors (Lipinski definition) is 1. The van der Waals surface area contributed by atoms with Crippen molar-refractivity contribution in [3.05, 3.63) is 23.7 Å². The molecule has 0 bridgehead atoms. The van der Waals surface area contributed by atoms with Gasteiger partial charge in [0.15, 0.2) is 0 Å². The van der Waals surface area contributed by atoms with Crippen molar-refractivity contribution in [1.29, 1.82) is 5.26 Å². The highest BCUT2D eigenvalue weighted by Crippen LogP contribution is 2.13. The van der Waals surface area contributed by atoms with Crippen molar-refractivity contribution in [3.8, 4) is 6.07 Å². The first-order valence-electron chi connectivity index (χ1n) is 6.86. The maximum absolute atomic E-state index is 10.9. The van der Waals surface area contributed by atoms with E-state index in [9.17, 15) is 4.79 Å². The molecule has 21 heavy (non-hydrogen) atoms. The molecule has 1 amide bonds. The topological polar surface area (TPSA) is 95.7 Å². The summed E-state index contributed by atoms with van der Waals surface area (Å²) in [6, 6.07) is 5.47. The van der Waals surface area contributed by atoms with Crippen molar-refractivity contribution in [2.45, 2.75) is 12.6 Å². The van der Waals surface area contributed by atoms with Crippen LogP contribution in [-0.4, -0.2) is 61.6 Å². The van der Waals surface area contributed by atoms with Crippen molar-refractivity contribution in [3.63, 3.8) is 0 Å². The predicted molar refractivity (Wildman–Crippen MR) is 75.1 cm³/mol. The number of amides is 1. The van der Waals surface area contributed by atoms with E-state index >= 15 is 0 Å². The molecule has 0 unspecified atom stereocenters. The summed E-state index contributed by atoms with van der Waals surface area (Å²) in [6.45, 7) is 3.75. The first-order valence-corrected chi connectivity index (χ1v) is 6.86. The van der Waals surface area contributed by atoms with Gasteiger partial charge in [0.2, 0.25) is 11.7 Å². The number of nitrogens with zero attached hydrogens (tertiary/aromatic N) is 3. The molecule has 1 fully saturated rings. The molecular weight excluding hydrogens is 272 g/mol. The highest BCUT2D eigenvalue weighted by atomic mass is 16.5. The molecule has 1 aliphatic heterocycles. The molecule has 1 aliphatic rings.